The maximum absolute atomic E-state index is 13.1. The predicted octanol–water partition coefficient (Wildman–Crippen LogP) is 1.26. The lowest BCUT2D eigenvalue weighted by Crippen LogP contribution is -2.73. The second-order valence-corrected chi connectivity index (χ2v) is 8.59. The number of allylic oxidation sites excluding steroid dienone is 1. The van der Waals surface area contributed by atoms with Gasteiger partial charge < -0.3 is 19.3 Å². The number of methoxy groups -OCH3 is 1. The Bertz CT molecular complexity index is 1100. The monoisotopic (exact) mass is 476 g/mol. The highest BCUT2D eigenvalue weighted by Crippen LogP contribution is 2.31. The van der Waals surface area contributed by atoms with Crippen LogP contribution >= 0.6 is 0 Å². The normalized spacial score (nSPS) is 18.1. The summed E-state index contributed by atoms with van der Waals surface area (Å²) in [5, 5.41) is 5.15. The topological polar surface area (TPSA) is 140 Å². The van der Waals surface area contributed by atoms with Gasteiger partial charge in [0.15, 0.2) is 17.8 Å². The molecule has 2 heterocycles. The molecule has 3 atom stereocenters. The molecule has 0 aliphatic carbocycles. The van der Waals surface area contributed by atoms with Gasteiger partial charge in [0.05, 0.1) is 7.11 Å². The fraction of sp³-hybridized carbons (Fsp3) is 0.333. The molecule has 1 unspecified atom stereocenters. The van der Waals surface area contributed by atoms with E-state index in [0.29, 0.717) is 17.1 Å². The first-order valence-corrected chi connectivity index (χ1v) is 11.1. The first-order valence-electron chi connectivity index (χ1n) is 9.89. The second kappa shape index (κ2) is 10.3. The summed E-state index contributed by atoms with van der Waals surface area (Å²) in [4.78, 5) is 38.8. The summed E-state index contributed by atoms with van der Waals surface area (Å²) in [7, 11) is -0.795. The number of para-hydroxylation sites is 1. The second-order valence-electron chi connectivity index (χ2n) is 7.31. The van der Waals surface area contributed by atoms with E-state index in [1.807, 2.05) is 0 Å². The quantitative estimate of drug-likeness (QED) is 0.313. The molecule has 176 valence electrons. The number of hydrogen-bond donors (Lipinski definition) is 2. The molecule has 3 rings (SSSR count). The summed E-state index contributed by atoms with van der Waals surface area (Å²) in [6.07, 6.45) is 0. The minimum atomic E-state index is -1.97. The molecule has 2 amide bonds. The van der Waals surface area contributed by atoms with E-state index in [4.69, 9.17) is 14.0 Å². The Kier molecular flexibility index (Phi) is 7.48. The molecule has 0 radical (unpaired) electrons. The SMILES string of the molecule is COC(=O)C(=C(C)C)N1C(=O)[C@@H](NC(=O)COc2ccccc2)[C@H]1S(=O)Nc1cc(C)on1. The molecule has 0 spiro atoms. The molecule has 1 fully saturated rings. The lowest BCUT2D eigenvalue weighted by atomic mass is 10.0. The lowest BCUT2D eigenvalue weighted by molar-refractivity contribution is -0.152. The van der Waals surface area contributed by atoms with Crippen LogP contribution in [0.4, 0.5) is 5.82 Å². The van der Waals surface area contributed by atoms with Gasteiger partial charge in [0.1, 0.15) is 34.2 Å². The Morgan fingerprint density at radius 3 is 2.52 bits per heavy atom. The smallest absolute Gasteiger partial charge is 0.354 e. The Hall–Kier alpha value is -3.67. The number of nitrogens with one attached hydrogen (secondary N) is 2. The Balaban J connectivity index is 1.79. The van der Waals surface area contributed by atoms with Crippen LogP contribution in [0.1, 0.15) is 19.6 Å². The van der Waals surface area contributed by atoms with Crippen LogP contribution in [0.15, 0.2) is 52.2 Å². The van der Waals surface area contributed by atoms with Gasteiger partial charge in [0.25, 0.3) is 11.8 Å². The van der Waals surface area contributed by atoms with Crippen molar-refractivity contribution < 1.29 is 32.6 Å². The van der Waals surface area contributed by atoms with Gasteiger partial charge in [-0.25, -0.2) is 9.00 Å². The van der Waals surface area contributed by atoms with Gasteiger partial charge in [-0.2, -0.15) is 0 Å². The summed E-state index contributed by atoms with van der Waals surface area (Å²) >= 11 is 0. The van der Waals surface area contributed by atoms with Crippen molar-refractivity contribution in [3.8, 4) is 5.75 Å². The van der Waals surface area contributed by atoms with E-state index in [-0.39, 0.29) is 18.1 Å². The van der Waals surface area contributed by atoms with Crippen LogP contribution in [0.5, 0.6) is 5.75 Å². The number of carbonyl (C=O) groups is 3. The Morgan fingerprint density at radius 2 is 1.94 bits per heavy atom. The number of benzene rings is 1. The van der Waals surface area contributed by atoms with E-state index in [1.165, 1.54) is 13.2 Å². The van der Waals surface area contributed by atoms with E-state index in [1.54, 1.807) is 51.1 Å². The molecule has 1 aliphatic heterocycles. The van der Waals surface area contributed by atoms with Crippen molar-refractivity contribution in [2.24, 2.45) is 0 Å². The number of likely N-dealkylation sites (tertiary alicyclic amines) is 1. The molecule has 2 N–H and O–H groups in total. The molecule has 1 aromatic heterocycles. The van der Waals surface area contributed by atoms with Gasteiger partial charge in [-0.15, -0.1) is 0 Å². The third kappa shape index (κ3) is 5.40. The molecule has 33 heavy (non-hydrogen) atoms. The van der Waals surface area contributed by atoms with Crippen LogP contribution in [0, 0.1) is 6.92 Å². The number of amides is 2. The van der Waals surface area contributed by atoms with Crippen molar-refractivity contribution >= 4 is 34.6 Å². The van der Waals surface area contributed by atoms with Gasteiger partial charge in [-0.1, -0.05) is 23.4 Å². The van der Waals surface area contributed by atoms with Crippen molar-refractivity contribution in [2.75, 3.05) is 18.4 Å². The fourth-order valence-corrected chi connectivity index (χ4v) is 4.41. The number of esters is 1. The number of rotatable bonds is 9. The first-order chi connectivity index (χ1) is 15.7. The molecular weight excluding hydrogens is 452 g/mol. The predicted molar refractivity (Wildman–Crippen MR) is 118 cm³/mol. The fourth-order valence-electron chi connectivity index (χ4n) is 3.15. The van der Waals surface area contributed by atoms with E-state index in [9.17, 15) is 18.6 Å². The highest BCUT2D eigenvalue weighted by Gasteiger charge is 2.55. The minimum Gasteiger partial charge on any atom is -0.484 e. The number of β-lactam (4-membered cyclic amide) rings is 1. The summed E-state index contributed by atoms with van der Waals surface area (Å²) in [6.45, 7) is 4.55. The van der Waals surface area contributed by atoms with Gasteiger partial charge in [0.2, 0.25) is 0 Å². The molecule has 2 aromatic rings. The summed E-state index contributed by atoms with van der Waals surface area (Å²) < 4.78 is 30.9. The largest absolute Gasteiger partial charge is 0.484 e. The average molecular weight is 477 g/mol. The van der Waals surface area contributed by atoms with Crippen molar-refractivity contribution in [1.29, 1.82) is 0 Å². The highest BCUT2D eigenvalue weighted by atomic mass is 32.2. The summed E-state index contributed by atoms with van der Waals surface area (Å²) in [5.41, 5.74) is 0.427. The van der Waals surface area contributed by atoms with Crippen molar-refractivity contribution in [3.05, 3.63) is 53.4 Å². The van der Waals surface area contributed by atoms with Crippen LogP contribution in [-0.2, 0) is 30.1 Å². The molecule has 0 bridgehead atoms. The third-order valence-corrected chi connectivity index (χ3v) is 5.95. The van der Waals surface area contributed by atoms with Crippen LogP contribution in [-0.4, -0.2) is 57.2 Å². The maximum Gasteiger partial charge on any atom is 0.354 e. The number of ether oxygens (including phenoxy) is 2. The van der Waals surface area contributed by atoms with Crippen molar-refractivity contribution in [3.63, 3.8) is 0 Å². The van der Waals surface area contributed by atoms with Gasteiger partial charge in [-0.05, 0) is 38.5 Å². The molecule has 11 nitrogen and oxygen atoms in total. The van der Waals surface area contributed by atoms with Gasteiger partial charge in [-0.3, -0.25) is 19.2 Å². The zero-order chi connectivity index (χ0) is 24.1. The zero-order valence-corrected chi connectivity index (χ0v) is 19.3. The number of hydrogen-bond acceptors (Lipinski definition) is 8. The van der Waals surface area contributed by atoms with E-state index >= 15 is 0 Å². The van der Waals surface area contributed by atoms with E-state index in [0.717, 1.165) is 4.90 Å². The molecular formula is C21H24N4O7S. The summed E-state index contributed by atoms with van der Waals surface area (Å²) in [6, 6.07) is 9.03. The molecule has 0 saturated carbocycles. The molecule has 12 heteroatoms. The number of aryl methyl sites for hydroxylation is 1. The molecule has 1 aromatic carbocycles. The lowest BCUT2D eigenvalue weighted by Gasteiger charge is -2.46. The van der Waals surface area contributed by atoms with Crippen LogP contribution in [0.2, 0.25) is 0 Å². The van der Waals surface area contributed by atoms with E-state index in [2.05, 4.69) is 15.2 Å². The van der Waals surface area contributed by atoms with Crippen molar-refractivity contribution in [1.82, 2.24) is 15.4 Å². The average Bonchev–Trinajstić information content (AvgIpc) is 3.20. The number of nitrogens with zero attached hydrogens (tertiary/aromatic N) is 2. The zero-order valence-electron chi connectivity index (χ0n) is 18.5. The standard InChI is InChI=1S/C21H24N4O7S/c1-12(2)18(21(28)30-4)25-19(27)17(20(25)33(29)24-15-10-13(3)32-23-15)22-16(26)11-31-14-8-6-5-7-9-14/h5-10,17,20H,11H2,1-4H3,(H,22,26)(H,23,24)/t17-,20-,33?/m1/s1. The van der Waals surface area contributed by atoms with Crippen LogP contribution in [0.25, 0.3) is 0 Å². The molecule has 1 saturated heterocycles. The van der Waals surface area contributed by atoms with Crippen molar-refractivity contribution in [2.45, 2.75) is 32.2 Å². The number of carbonyl (C=O) groups excluding carboxylic acids is 3. The van der Waals surface area contributed by atoms with Crippen LogP contribution in [0.3, 0.4) is 0 Å². The van der Waals surface area contributed by atoms with Gasteiger partial charge >= 0.3 is 5.97 Å². The summed E-state index contributed by atoms with van der Waals surface area (Å²) in [5.74, 6) is -0.818. The maximum atomic E-state index is 13.1. The Morgan fingerprint density at radius 1 is 1.24 bits per heavy atom. The minimum absolute atomic E-state index is 0.0509. The first kappa shape index (κ1) is 24.0. The third-order valence-electron chi connectivity index (χ3n) is 4.62. The number of aromatic nitrogens is 1. The van der Waals surface area contributed by atoms with Crippen LogP contribution < -0.4 is 14.8 Å². The van der Waals surface area contributed by atoms with E-state index < -0.39 is 40.2 Å². The van der Waals surface area contributed by atoms with Gasteiger partial charge in [0, 0.05) is 6.07 Å². The molecule has 1 aliphatic rings. The Labute approximate surface area is 192 Å². The highest BCUT2D eigenvalue weighted by molar-refractivity contribution is 7.87. The number of anilines is 1.